The van der Waals surface area contributed by atoms with Crippen molar-refractivity contribution < 1.29 is 95.8 Å². The molecule has 0 radical (unpaired) electrons. The molecule has 8 saturated heterocycles. The second kappa shape index (κ2) is 42.9. The van der Waals surface area contributed by atoms with Crippen molar-refractivity contribution in [3.05, 3.63) is 343 Å². The lowest BCUT2D eigenvalue weighted by Gasteiger charge is -2.42. The highest BCUT2D eigenvalue weighted by Crippen LogP contribution is 2.48. The van der Waals surface area contributed by atoms with E-state index in [-0.39, 0.29) is 195 Å². The number of ether oxygens (including phenoxy) is 6. The summed E-state index contributed by atoms with van der Waals surface area (Å²) < 4.78 is 264. The maximum Gasteiger partial charge on any atom is 0.247 e. The van der Waals surface area contributed by atoms with E-state index >= 15 is 0 Å². The maximum atomic E-state index is 13.7. The van der Waals surface area contributed by atoms with Crippen LogP contribution in [0, 0.1) is 17.9 Å². The molecule has 0 saturated carbocycles. The van der Waals surface area contributed by atoms with Crippen molar-refractivity contribution >= 4 is 129 Å². The van der Waals surface area contributed by atoms with Crippen molar-refractivity contribution in [1.82, 2.24) is 34.4 Å². The van der Waals surface area contributed by atoms with Crippen LogP contribution in [0.4, 0.5) is 5.69 Å². The van der Waals surface area contributed by atoms with Crippen LogP contribution < -0.4 is 9.47 Å². The van der Waals surface area contributed by atoms with Gasteiger partial charge in [0.05, 0.1) is 63.0 Å². The zero-order chi connectivity index (χ0) is 104. The van der Waals surface area contributed by atoms with E-state index in [1.807, 2.05) is 200 Å². The molecule has 0 amide bonds. The van der Waals surface area contributed by atoms with E-state index in [1.165, 1.54) is 106 Å². The van der Waals surface area contributed by atoms with Gasteiger partial charge in [0.2, 0.25) is 85.9 Å². The van der Waals surface area contributed by atoms with E-state index in [1.54, 1.807) is 83.6 Å². The van der Waals surface area contributed by atoms with Crippen molar-refractivity contribution in [1.29, 1.82) is 5.26 Å². The molecule has 10 heterocycles. The van der Waals surface area contributed by atoms with Gasteiger partial charge in [-0.3, -0.25) is 0 Å². The molecule has 0 unspecified atom stereocenters. The molecule has 8 aliphatic rings. The largest absolute Gasteiger partial charge is 0.457 e. The Hall–Kier alpha value is -11.7. The summed E-state index contributed by atoms with van der Waals surface area (Å²) in [5, 5.41) is 14.1. The Morgan fingerprint density at radius 1 is 0.270 bits per heavy atom. The lowest BCUT2D eigenvalue weighted by Crippen LogP contribution is -2.55. The van der Waals surface area contributed by atoms with Gasteiger partial charge in [-0.25, -0.2) is 72.2 Å². The van der Waals surface area contributed by atoms with Gasteiger partial charge < -0.3 is 28.4 Å². The number of rotatable bonds is 22. The van der Waals surface area contributed by atoms with Crippen molar-refractivity contribution in [3.8, 4) is 51.3 Å². The number of nitrogens with zero attached hydrogens (tertiary/aromatic N) is 10. The Balaban J connectivity index is 0.000000125. The second-order valence-electron chi connectivity index (χ2n) is 36.0. The van der Waals surface area contributed by atoms with Crippen LogP contribution in [0.5, 0.6) is 23.0 Å². The molecule has 0 atom stereocenters. The van der Waals surface area contributed by atoms with Gasteiger partial charge in [-0.1, -0.05) is 194 Å². The topological polar surface area (TPSA) is 383 Å². The SMILES string of the molecule is O=S(=O)(c1ccc(-c2ccccc2)cc1)N1CCC2(CC1)OCCN2S(=O)(=O)c1ccc(-c2ccccc2)cc1.O=S(=O)(c1ccc(Oc2ccccc2)cc1)N1CCC2(CC1)OCCN2S(=O)(=O)c1ccc(Oc2ccccc2)cc1.O=S(=O)(c1csc2ccccc12)N1CCC2(CC1)OCCN2S(=O)(=O)c1csc2ccccc12.[C-]#[N+]c1ccccc1S(=O)(=O)N1CCC2(CC1)OCCN2S(=O)(=O)c1ccccc1C#N. The van der Waals surface area contributed by atoms with E-state index in [2.05, 4.69) is 4.85 Å². The molecule has 22 rings (SSSR count). The van der Waals surface area contributed by atoms with E-state index < -0.39 is 103 Å². The van der Waals surface area contributed by atoms with Crippen molar-refractivity contribution in [2.24, 2.45) is 0 Å². The van der Waals surface area contributed by atoms with E-state index in [9.17, 15) is 72.6 Å². The molecule has 32 nitrogen and oxygen atoms in total. The van der Waals surface area contributed by atoms with Gasteiger partial charge >= 0.3 is 0 Å². The van der Waals surface area contributed by atoms with Gasteiger partial charge in [0, 0.05) is 161 Å². The second-order valence-corrected chi connectivity index (χ2v) is 52.9. The molecule has 12 aromatic carbocycles. The molecule has 14 aromatic rings. The first kappa shape index (κ1) is 105. The molecule has 42 heteroatoms. The first-order valence-electron chi connectivity index (χ1n) is 47.7. The third kappa shape index (κ3) is 20.8. The number of hydrogen-bond donors (Lipinski definition) is 0. The van der Waals surface area contributed by atoms with Gasteiger partial charge in [-0.15, -0.1) is 22.7 Å². The summed E-state index contributed by atoms with van der Waals surface area (Å²) in [5.41, 5.74) is -0.366. The number of thiophene rings is 2. The number of nitriles is 1. The maximum absolute atomic E-state index is 13.7. The predicted molar refractivity (Wildman–Crippen MR) is 559 cm³/mol. The summed E-state index contributed by atoms with van der Waals surface area (Å²) in [6.45, 7) is 10.1. The van der Waals surface area contributed by atoms with Gasteiger partial charge in [0.1, 0.15) is 66.7 Å². The quantitative estimate of drug-likeness (QED) is 0.0569. The summed E-state index contributed by atoms with van der Waals surface area (Å²) in [4.78, 5) is 4.44. The average Bonchev–Trinajstić information content (AvgIpc) is 1.56. The van der Waals surface area contributed by atoms with Crippen LogP contribution in [0.25, 0.3) is 47.3 Å². The third-order valence-corrected chi connectivity index (χ3v) is 45.6. The number of hydrogen-bond acceptors (Lipinski definition) is 25. The van der Waals surface area contributed by atoms with Crippen LogP contribution in [0.3, 0.4) is 0 Å². The minimum Gasteiger partial charge on any atom is -0.457 e. The standard InChI is InChI=1S/C31H30N2O7S2.C31H30N2O5S2.C23H22N2O5S4.C21H20N4O5S2/c34-41(35,29-15-11-27(12-16-29)39-25-7-3-1-4-8-25)32-21-19-31(20-22-32)33(23-24-38-31)42(36,37)30-17-13-28(14-18-30)40-26-9-5-2-6-10-26;34-39(35,29-15-11-27(12-16-29)25-7-3-1-4-8-25)32-21-19-31(20-22-32)33(23-24-38-31)40(36,37)30-17-13-28(14-18-30)26-9-5-2-6-10-26;26-33(27,21-15-31-19-7-3-1-5-17(19)21)24-11-9-23(10-12-24)25(13-14-30-23)34(28,29)22-16-32-20-8-4-2-6-18(20)22;1-23-18-7-3-5-9-20(18)31(26,27)24-12-10-21(11-13-24)25(14-15-30-21)32(28,29)19-8-4-2-6-17(19)16-22/h1-18H,19-24H2;1-18H,19-24H2;1-8,15-16H,9-14H2;2-9H,10-15H2. The van der Waals surface area contributed by atoms with Crippen LogP contribution in [-0.4, -0.2) is 230 Å². The van der Waals surface area contributed by atoms with Crippen LogP contribution in [-0.2, 0) is 99.1 Å². The molecular weight excluding hydrogens is 2090 g/mol. The number of fused-ring (bicyclic) bond motifs is 2. The molecule has 8 aliphatic heterocycles. The Labute approximate surface area is 869 Å². The van der Waals surface area contributed by atoms with Crippen molar-refractivity contribution in [2.45, 2.75) is 113 Å². The predicted octanol–water partition coefficient (Wildman–Crippen LogP) is 17.3. The van der Waals surface area contributed by atoms with Crippen molar-refractivity contribution in [3.63, 3.8) is 0 Å². The summed E-state index contributed by atoms with van der Waals surface area (Å²) in [6.07, 6.45) is 1.81. The minimum absolute atomic E-state index is 0.0422. The summed E-state index contributed by atoms with van der Waals surface area (Å²) in [6, 6.07) is 93.2. The molecular formula is C106H102N10O22S10. The zero-order valence-electron chi connectivity index (χ0n) is 79.7. The molecule has 0 bridgehead atoms. The molecule has 4 spiro atoms. The molecule has 8 fully saturated rings. The first-order valence-corrected chi connectivity index (χ1v) is 61.0. The van der Waals surface area contributed by atoms with Gasteiger partial charge in [-0.2, -0.15) is 39.7 Å². The lowest BCUT2D eigenvalue weighted by molar-refractivity contribution is -0.0810. The Bertz CT molecular complexity index is 8290. The van der Waals surface area contributed by atoms with Gasteiger partial charge in [0.25, 0.3) is 0 Å². The fraction of sp³-hybridized carbons (Fsp3) is 0.264. The fourth-order valence-electron chi connectivity index (χ4n) is 20.0. The number of para-hydroxylation sites is 3. The summed E-state index contributed by atoms with van der Waals surface area (Å²) in [5.74, 6) is 2.35. The lowest BCUT2D eigenvalue weighted by atomic mass is 10.0. The molecule has 0 N–H and O–H groups in total. The molecule has 768 valence electrons. The van der Waals surface area contributed by atoms with Crippen LogP contribution in [0.15, 0.2) is 365 Å². The zero-order valence-corrected chi connectivity index (χ0v) is 87.8. The number of piperidine rings is 4. The van der Waals surface area contributed by atoms with Crippen LogP contribution in [0.2, 0.25) is 0 Å². The number of sulfonamides is 8. The molecule has 148 heavy (non-hydrogen) atoms. The van der Waals surface area contributed by atoms with Crippen molar-refractivity contribution in [2.75, 3.05) is 105 Å². The monoisotopic (exact) mass is 2190 g/mol. The summed E-state index contributed by atoms with van der Waals surface area (Å²) in [7, 11) is -30.7. The van der Waals surface area contributed by atoms with Crippen LogP contribution >= 0.6 is 22.7 Å². The Morgan fingerprint density at radius 3 is 0.892 bits per heavy atom. The third-order valence-electron chi connectivity index (χ3n) is 27.7. The minimum atomic E-state index is -4.03. The fourth-order valence-corrected chi connectivity index (χ4v) is 35.9. The normalized spacial score (nSPS) is 18.7. The van der Waals surface area contributed by atoms with Gasteiger partial charge in [-0.05, 0) is 144 Å². The van der Waals surface area contributed by atoms with Gasteiger partial charge in [0.15, 0.2) is 0 Å². The van der Waals surface area contributed by atoms with E-state index in [0.717, 1.165) is 37.0 Å². The molecule has 2 aromatic heterocycles. The Kier molecular flexibility index (Phi) is 30.4. The smallest absolute Gasteiger partial charge is 0.247 e. The highest BCUT2D eigenvalue weighted by Gasteiger charge is 2.57. The first-order chi connectivity index (χ1) is 71.1. The van der Waals surface area contributed by atoms with E-state index in [4.69, 9.17) is 35.0 Å². The average molecular weight is 2190 g/mol. The number of benzene rings is 12. The summed E-state index contributed by atoms with van der Waals surface area (Å²) >= 11 is 2.81. The highest BCUT2D eigenvalue weighted by atomic mass is 32.2. The van der Waals surface area contributed by atoms with E-state index in [0.29, 0.717) is 39.9 Å². The Morgan fingerprint density at radius 2 is 0.534 bits per heavy atom. The van der Waals surface area contributed by atoms with Crippen LogP contribution in [0.1, 0.15) is 56.9 Å². The molecule has 0 aliphatic carbocycles. The highest BCUT2D eigenvalue weighted by molar-refractivity contribution is 7.91.